The first-order chi connectivity index (χ1) is 12.2. The lowest BCUT2D eigenvalue weighted by molar-refractivity contribution is -0.124. The number of carbonyl (C=O) groups is 1. The number of nitrogens with two attached hydrogens (primary N) is 1. The number of amides is 1. The first kappa shape index (κ1) is 15.8. The average Bonchev–Trinajstić information content (AvgIpc) is 3.07. The highest BCUT2D eigenvalue weighted by Crippen LogP contribution is 2.33. The van der Waals surface area contributed by atoms with Crippen molar-refractivity contribution in [2.45, 2.75) is 24.8 Å². The van der Waals surface area contributed by atoms with E-state index in [0.717, 1.165) is 48.5 Å². The average molecular weight is 335 g/mol. The van der Waals surface area contributed by atoms with E-state index in [4.69, 9.17) is 10.2 Å². The van der Waals surface area contributed by atoms with Crippen LogP contribution in [0.25, 0.3) is 11.1 Å². The molecule has 1 fully saturated rings. The van der Waals surface area contributed by atoms with Crippen LogP contribution in [0.15, 0.2) is 59.0 Å². The van der Waals surface area contributed by atoms with Gasteiger partial charge < -0.3 is 10.2 Å². The number of nitrogens with zero attached hydrogens (tertiary/aromatic N) is 2. The van der Waals surface area contributed by atoms with Gasteiger partial charge in [-0.3, -0.25) is 9.69 Å². The van der Waals surface area contributed by atoms with E-state index in [1.807, 2.05) is 54.6 Å². The van der Waals surface area contributed by atoms with Crippen LogP contribution >= 0.6 is 0 Å². The summed E-state index contributed by atoms with van der Waals surface area (Å²) < 4.78 is 5.95. The number of primary amides is 1. The Bertz CT molecular complexity index is 842. The van der Waals surface area contributed by atoms with Crippen LogP contribution in [-0.2, 0) is 4.79 Å². The van der Waals surface area contributed by atoms with Crippen molar-refractivity contribution in [3.8, 4) is 0 Å². The van der Waals surface area contributed by atoms with Crippen molar-refractivity contribution in [2.24, 2.45) is 5.73 Å². The summed E-state index contributed by atoms with van der Waals surface area (Å²) in [6.45, 7) is 1.56. The quantitative estimate of drug-likeness (QED) is 0.794. The van der Waals surface area contributed by atoms with Gasteiger partial charge >= 0.3 is 0 Å². The summed E-state index contributed by atoms with van der Waals surface area (Å²) in [5.74, 6) is 0.610. The van der Waals surface area contributed by atoms with Crippen molar-refractivity contribution in [3.05, 3.63) is 66.1 Å². The molecule has 2 heterocycles. The van der Waals surface area contributed by atoms with Gasteiger partial charge in [0.15, 0.2) is 11.5 Å². The van der Waals surface area contributed by atoms with Gasteiger partial charge in [0.2, 0.25) is 5.91 Å². The van der Waals surface area contributed by atoms with Crippen molar-refractivity contribution in [1.82, 2.24) is 9.88 Å². The highest BCUT2D eigenvalue weighted by atomic mass is 16.3. The Morgan fingerprint density at radius 1 is 1.16 bits per heavy atom. The minimum atomic E-state index is -0.409. The molecule has 0 unspecified atom stereocenters. The molecule has 128 valence electrons. The lowest BCUT2D eigenvalue weighted by Gasteiger charge is -2.36. The Labute approximate surface area is 146 Å². The third kappa shape index (κ3) is 3.15. The smallest absolute Gasteiger partial charge is 0.239 e. The molecule has 1 aromatic heterocycles. The maximum Gasteiger partial charge on any atom is 0.239 e. The second-order valence-electron chi connectivity index (χ2n) is 6.57. The molecule has 1 saturated heterocycles. The second-order valence-corrected chi connectivity index (χ2v) is 6.57. The number of benzene rings is 2. The molecule has 1 aliphatic heterocycles. The van der Waals surface area contributed by atoms with Gasteiger partial charge in [-0.05, 0) is 37.1 Å². The van der Waals surface area contributed by atoms with E-state index in [-0.39, 0.29) is 11.8 Å². The van der Waals surface area contributed by atoms with E-state index in [1.165, 1.54) is 0 Å². The molecule has 5 heteroatoms. The van der Waals surface area contributed by atoms with Gasteiger partial charge in [0.1, 0.15) is 11.6 Å². The van der Waals surface area contributed by atoms with E-state index in [9.17, 15) is 4.79 Å². The molecule has 0 spiro atoms. The number of hydrogen-bond donors (Lipinski definition) is 1. The summed E-state index contributed by atoms with van der Waals surface area (Å²) in [4.78, 5) is 18.9. The van der Waals surface area contributed by atoms with Gasteiger partial charge in [0, 0.05) is 12.5 Å². The monoisotopic (exact) mass is 335 g/mol. The summed E-state index contributed by atoms with van der Waals surface area (Å²) in [7, 11) is 0. The van der Waals surface area contributed by atoms with Gasteiger partial charge in [-0.25, -0.2) is 4.98 Å². The summed E-state index contributed by atoms with van der Waals surface area (Å²) >= 11 is 0. The third-order valence-corrected chi connectivity index (χ3v) is 4.86. The first-order valence-corrected chi connectivity index (χ1v) is 8.66. The standard InChI is InChI=1S/C20H21N3O2/c21-19(24)18(14-7-2-1-3-8-14)23-12-6-9-15(13-23)20-22-16-10-4-5-11-17(16)25-20/h1-5,7-8,10-11,15,18H,6,9,12-13H2,(H2,21,24)/t15-,18+/m0/s1. The predicted molar refractivity (Wildman–Crippen MR) is 95.9 cm³/mol. The summed E-state index contributed by atoms with van der Waals surface area (Å²) in [6.07, 6.45) is 1.99. The van der Waals surface area contributed by atoms with Gasteiger partial charge in [0.25, 0.3) is 0 Å². The molecular formula is C20H21N3O2. The molecule has 2 N–H and O–H groups in total. The molecule has 25 heavy (non-hydrogen) atoms. The first-order valence-electron chi connectivity index (χ1n) is 8.66. The number of likely N-dealkylation sites (tertiary alicyclic amines) is 1. The van der Waals surface area contributed by atoms with Crippen molar-refractivity contribution in [2.75, 3.05) is 13.1 Å². The Morgan fingerprint density at radius 3 is 2.68 bits per heavy atom. The topological polar surface area (TPSA) is 72.4 Å². The maximum absolute atomic E-state index is 12.1. The highest BCUT2D eigenvalue weighted by molar-refractivity contribution is 5.81. The van der Waals surface area contributed by atoms with E-state index in [2.05, 4.69) is 9.88 Å². The van der Waals surface area contributed by atoms with Crippen molar-refractivity contribution < 1.29 is 9.21 Å². The fourth-order valence-electron chi connectivity index (χ4n) is 3.70. The van der Waals surface area contributed by atoms with Crippen LogP contribution < -0.4 is 5.73 Å². The minimum Gasteiger partial charge on any atom is -0.440 e. The molecule has 0 saturated carbocycles. The number of carbonyl (C=O) groups excluding carboxylic acids is 1. The zero-order chi connectivity index (χ0) is 17.2. The number of oxazole rings is 1. The van der Waals surface area contributed by atoms with Crippen LogP contribution in [0.2, 0.25) is 0 Å². The Balaban J connectivity index is 1.60. The van der Waals surface area contributed by atoms with Crippen LogP contribution in [-0.4, -0.2) is 28.9 Å². The van der Waals surface area contributed by atoms with Crippen molar-refractivity contribution in [3.63, 3.8) is 0 Å². The number of fused-ring (bicyclic) bond motifs is 1. The normalized spacial score (nSPS) is 19.8. The van der Waals surface area contributed by atoms with Gasteiger partial charge in [-0.2, -0.15) is 0 Å². The highest BCUT2D eigenvalue weighted by Gasteiger charge is 2.32. The third-order valence-electron chi connectivity index (χ3n) is 4.86. The molecule has 0 bridgehead atoms. The second kappa shape index (κ2) is 6.69. The molecule has 2 aromatic carbocycles. The number of hydrogen-bond acceptors (Lipinski definition) is 4. The van der Waals surface area contributed by atoms with Crippen LogP contribution in [0.1, 0.15) is 36.3 Å². The maximum atomic E-state index is 12.1. The van der Waals surface area contributed by atoms with Gasteiger partial charge in [0.05, 0.1) is 0 Å². The van der Waals surface area contributed by atoms with E-state index in [1.54, 1.807) is 0 Å². The number of aromatic nitrogens is 1. The largest absolute Gasteiger partial charge is 0.440 e. The van der Waals surface area contributed by atoms with Crippen molar-refractivity contribution in [1.29, 1.82) is 0 Å². The predicted octanol–water partition coefficient (Wildman–Crippen LogP) is 3.23. The lowest BCUT2D eigenvalue weighted by Crippen LogP contribution is -2.43. The molecule has 3 aromatic rings. The Morgan fingerprint density at radius 2 is 1.92 bits per heavy atom. The fourth-order valence-corrected chi connectivity index (χ4v) is 3.70. The SMILES string of the molecule is NC(=O)[C@@H](c1ccccc1)N1CCC[C@H](c2nc3ccccc3o2)C1. The van der Waals surface area contributed by atoms with E-state index >= 15 is 0 Å². The summed E-state index contributed by atoms with van der Waals surface area (Å²) in [6, 6.07) is 17.1. The molecule has 0 aliphatic carbocycles. The van der Waals surface area contributed by atoms with Crippen LogP contribution in [0.4, 0.5) is 0 Å². The lowest BCUT2D eigenvalue weighted by atomic mass is 9.94. The van der Waals surface area contributed by atoms with E-state index < -0.39 is 6.04 Å². The molecule has 1 aliphatic rings. The number of piperidine rings is 1. The number of rotatable bonds is 4. The van der Waals surface area contributed by atoms with Crippen LogP contribution in [0, 0.1) is 0 Å². The van der Waals surface area contributed by atoms with Crippen LogP contribution in [0.3, 0.4) is 0 Å². The molecule has 4 rings (SSSR count). The summed E-state index contributed by atoms with van der Waals surface area (Å²) in [5, 5.41) is 0. The Kier molecular flexibility index (Phi) is 4.24. The number of para-hydroxylation sites is 2. The molecule has 5 nitrogen and oxygen atoms in total. The molecule has 1 amide bonds. The Hall–Kier alpha value is -2.66. The fraction of sp³-hybridized carbons (Fsp3) is 0.300. The summed E-state index contributed by atoms with van der Waals surface area (Å²) in [5.41, 5.74) is 8.35. The van der Waals surface area contributed by atoms with Gasteiger partial charge in [-0.15, -0.1) is 0 Å². The molecular weight excluding hydrogens is 314 g/mol. The van der Waals surface area contributed by atoms with Crippen LogP contribution in [0.5, 0.6) is 0 Å². The minimum absolute atomic E-state index is 0.173. The molecule has 2 atom stereocenters. The van der Waals surface area contributed by atoms with Gasteiger partial charge in [-0.1, -0.05) is 42.5 Å². The zero-order valence-corrected chi connectivity index (χ0v) is 14.0. The zero-order valence-electron chi connectivity index (χ0n) is 14.0. The molecule has 0 radical (unpaired) electrons. The van der Waals surface area contributed by atoms with Crippen molar-refractivity contribution >= 4 is 17.0 Å². The van der Waals surface area contributed by atoms with E-state index in [0.29, 0.717) is 0 Å².